The average molecular weight is 344 g/mol. The van der Waals surface area contributed by atoms with E-state index >= 15 is 0 Å². The molecule has 124 valence electrons. The predicted octanol–water partition coefficient (Wildman–Crippen LogP) is 1.86. The smallest absolute Gasteiger partial charge is 0.240 e. The van der Waals surface area contributed by atoms with E-state index in [2.05, 4.69) is 10.0 Å². The first-order valence-electron chi connectivity index (χ1n) is 7.37. The number of carbonyl (C=O) groups excluding carboxylic acids is 2. The summed E-state index contributed by atoms with van der Waals surface area (Å²) in [5.74, 6) is -0.179. The first-order chi connectivity index (χ1) is 11.3. The van der Waals surface area contributed by atoms with E-state index in [1.165, 1.54) is 31.2 Å². The maximum absolute atomic E-state index is 12.3. The van der Waals surface area contributed by atoms with Crippen LogP contribution in [0, 0.1) is 0 Å². The number of fused-ring (bicyclic) bond motifs is 1. The molecule has 1 aliphatic heterocycles. The summed E-state index contributed by atoms with van der Waals surface area (Å²) < 4.78 is 27.1. The average Bonchev–Trinajstić information content (AvgIpc) is 2.92. The second kappa shape index (κ2) is 6.18. The minimum Gasteiger partial charge on any atom is -0.326 e. The zero-order chi connectivity index (χ0) is 17.3. The molecule has 0 saturated heterocycles. The van der Waals surface area contributed by atoms with Crippen molar-refractivity contribution in [3.63, 3.8) is 0 Å². The Bertz CT molecular complexity index is 918. The number of rotatable bonds is 5. The van der Waals surface area contributed by atoms with Gasteiger partial charge in [-0.05, 0) is 36.2 Å². The molecular formula is C17H16N2O4S. The summed E-state index contributed by atoms with van der Waals surface area (Å²) in [6.07, 6.45) is 0.308. The Morgan fingerprint density at radius 3 is 2.54 bits per heavy atom. The van der Waals surface area contributed by atoms with Crippen LogP contribution in [-0.4, -0.2) is 20.1 Å². The maximum Gasteiger partial charge on any atom is 0.240 e. The Balaban J connectivity index is 1.72. The Morgan fingerprint density at radius 1 is 1.17 bits per heavy atom. The quantitative estimate of drug-likeness (QED) is 0.810. The van der Waals surface area contributed by atoms with E-state index in [-0.39, 0.29) is 23.1 Å². The normalized spacial score (nSPS) is 13.5. The number of amides is 1. The first kappa shape index (κ1) is 16.4. The molecule has 3 rings (SSSR count). The third-order valence-electron chi connectivity index (χ3n) is 3.83. The van der Waals surface area contributed by atoms with Crippen molar-refractivity contribution in [3.8, 4) is 0 Å². The molecule has 1 heterocycles. The number of ketones is 1. The zero-order valence-electron chi connectivity index (χ0n) is 13.0. The summed E-state index contributed by atoms with van der Waals surface area (Å²) in [4.78, 5) is 22.7. The van der Waals surface area contributed by atoms with Crippen molar-refractivity contribution in [2.24, 2.45) is 0 Å². The van der Waals surface area contributed by atoms with Crippen LogP contribution in [-0.2, 0) is 27.8 Å². The van der Waals surface area contributed by atoms with Crippen molar-refractivity contribution in [3.05, 3.63) is 59.2 Å². The summed E-state index contributed by atoms with van der Waals surface area (Å²) in [6, 6.07) is 11.1. The fraction of sp³-hybridized carbons (Fsp3) is 0.176. The molecule has 0 aromatic heterocycles. The number of hydrogen-bond donors (Lipinski definition) is 2. The van der Waals surface area contributed by atoms with Gasteiger partial charge in [-0.3, -0.25) is 9.59 Å². The van der Waals surface area contributed by atoms with Crippen LogP contribution in [0.25, 0.3) is 0 Å². The molecule has 2 N–H and O–H groups in total. The van der Waals surface area contributed by atoms with Crippen molar-refractivity contribution in [1.82, 2.24) is 4.72 Å². The Morgan fingerprint density at radius 2 is 1.88 bits per heavy atom. The van der Waals surface area contributed by atoms with Crippen LogP contribution in [0.15, 0.2) is 47.4 Å². The number of Topliss-reactive ketones (excluding diaryl/α,β-unsaturated/α-hetero) is 1. The predicted molar refractivity (Wildman–Crippen MR) is 89.2 cm³/mol. The van der Waals surface area contributed by atoms with Crippen LogP contribution in [0.1, 0.15) is 28.4 Å². The zero-order valence-corrected chi connectivity index (χ0v) is 13.8. The first-order valence-corrected chi connectivity index (χ1v) is 8.86. The number of benzene rings is 2. The van der Waals surface area contributed by atoms with Crippen LogP contribution in [0.5, 0.6) is 0 Å². The molecule has 0 spiro atoms. The highest BCUT2D eigenvalue weighted by molar-refractivity contribution is 7.89. The molecule has 2 aromatic carbocycles. The van der Waals surface area contributed by atoms with Gasteiger partial charge in [0.15, 0.2) is 5.78 Å². The molecule has 1 aliphatic rings. The monoisotopic (exact) mass is 344 g/mol. The molecule has 2 aromatic rings. The minimum atomic E-state index is -3.67. The fourth-order valence-electron chi connectivity index (χ4n) is 2.52. The molecule has 7 heteroatoms. The molecule has 0 atom stereocenters. The SMILES string of the molecule is CC(=O)c1ccc(S(=O)(=O)NCc2ccc3c(c2)CC(=O)N3)cc1. The summed E-state index contributed by atoms with van der Waals surface area (Å²) in [6.45, 7) is 1.55. The van der Waals surface area contributed by atoms with Gasteiger partial charge in [-0.15, -0.1) is 0 Å². The topological polar surface area (TPSA) is 92.3 Å². The van der Waals surface area contributed by atoms with Gasteiger partial charge in [0, 0.05) is 17.8 Å². The van der Waals surface area contributed by atoms with E-state index in [1.807, 2.05) is 6.07 Å². The number of nitrogens with one attached hydrogen (secondary N) is 2. The molecule has 0 fully saturated rings. The van der Waals surface area contributed by atoms with Gasteiger partial charge in [-0.25, -0.2) is 13.1 Å². The maximum atomic E-state index is 12.3. The Kier molecular flexibility index (Phi) is 4.21. The van der Waals surface area contributed by atoms with Crippen molar-refractivity contribution in [2.75, 3.05) is 5.32 Å². The Labute approximate surface area is 139 Å². The van der Waals surface area contributed by atoms with E-state index in [9.17, 15) is 18.0 Å². The van der Waals surface area contributed by atoms with Gasteiger partial charge in [0.2, 0.25) is 15.9 Å². The van der Waals surface area contributed by atoms with Gasteiger partial charge in [-0.1, -0.05) is 24.3 Å². The third kappa shape index (κ3) is 3.37. The lowest BCUT2D eigenvalue weighted by atomic mass is 10.1. The highest BCUT2D eigenvalue weighted by Gasteiger charge is 2.18. The molecular weight excluding hydrogens is 328 g/mol. The summed E-state index contributed by atoms with van der Waals surface area (Å²) in [5.41, 5.74) is 2.87. The number of hydrogen-bond acceptors (Lipinski definition) is 4. The minimum absolute atomic E-state index is 0.0618. The van der Waals surface area contributed by atoms with Crippen molar-refractivity contribution < 1.29 is 18.0 Å². The standard InChI is InChI=1S/C17H16N2O4S/c1-11(20)13-3-5-15(6-4-13)24(22,23)18-10-12-2-7-16-14(8-12)9-17(21)19-16/h2-8,18H,9-10H2,1H3,(H,19,21). The van der Waals surface area contributed by atoms with Gasteiger partial charge < -0.3 is 5.32 Å². The third-order valence-corrected chi connectivity index (χ3v) is 5.25. The van der Waals surface area contributed by atoms with Crippen molar-refractivity contribution in [2.45, 2.75) is 24.8 Å². The Hall–Kier alpha value is -2.51. The van der Waals surface area contributed by atoms with Gasteiger partial charge in [-0.2, -0.15) is 0 Å². The van der Waals surface area contributed by atoms with Crippen LogP contribution in [0.2, 0.25) is 0 Å². The fourth-order valence-corrected chi connectivity index (χ4v) is 3.54. The lowest BCUT2D eigenvalue weighted by Crippen LogP contribution is -2.23. The second-order valence-corrected chi connectivity index (χ2v) is 7.39. The largest absolute Gasteiger partial charge is 0.326 e. The lowest BCUT2D eigenvalue weighted by Gasteiger charge is -2.08. The van der Waals surface area contributed by atoms with Crippen LogP contribution < -0.4 is 10.0 Å². The summed E-state index contributed by atoms with van der Waals surface area (Å²) in [5, 5.41) is 2.73. The lowest BCUT2D eigenvalue weighted by molar-refractivity contribution is -0.115. The highest BCUT2D eigenvalue weighted by Crippen LogP contribution is 2.24. The van der Waals surface area contributed by atoms with Crippen molar-refractivity contribution >= 4 is 27.4 Å². The molecule has 0 unspecified atom stereocenters. The molecule has 0 radical (unpaired) electrons. The van der Waals surface area contributed by atoms with Crippen molar-refractivity contribution in [1.29, 1.82) is 0 Å². The van der Waals surface area contributed by atoms with E-state index in [0.29, 0.717) is 12.0 Å². The molecule has 0 saturated carbocycles. The molecule has 0 aliphatic carbocycles. The summed E-state index contributed by atoms with van der Waals surface area (Å²) in [7, 11) is -3.67. The van der Waals surface area contributed by atoms with Gasteiger partial charge >= 0.3 is 0 Å². The molecule has 1 amide bonds. The number of sulfonamides is 1. The van der Waals surface area contributed by atoms with E-state index in [1.54, 1.807) is 12.1 Å². The number of anilines is 1. The van der Waals surface area contributed by atoms with E-state index in [0.717, 1.165) is 16.8 Å². The van der Waals surface area contributed by atoms with Gasteiger partial charge in [0.25, 0.3) is 0 Å². The van der Waals surface area contributed by atoms with Gasteiger partial charge in [0.05, 0.1) is 11.3 Å². The van der Waals surface area contributed by atoms with Crippen LogP contribution >= 0.6 is 0 Å². The van der Waals surface area contributed by atoms with E-state index in [4.69, 9.17) is 0 Å². The number of carbonyl (C=O) groups is 2. The molecule has 6 nitrogen and oxygen atoms in total. The molecule has 0 bridgehead atoms. The second-order valence-electron chi connectivity index (χ2n) is 5.62. The summed E-state index contributed by atoms with van der Waals surface area (Å²) >= 11 is 0. The molecule has 24 heavy (non-hydrogen) atoms. The van der Waals surface area contributed by atoms with Gasteiger partial charge in [0.1, 0.15) is 0 Å². The van der Waals surface area contributed by atoms with E-state index < -0.39 is 10.0 Å². The highest BCUT2D eigenvalue weighted by atomic mass is 32.2. The van der Waals surface area contributed by atoms with Crippen LogP contribution in [0.3, 0.4) is 0 Å². The van der Waals surface area contributed by atoms with Crippen LogP contribution in [0.4, 0.5) is 5.69 Å².